The molecule has 0 bridgehead atoms. The third-order valence-corrected chi connectivity index (χ3v) is 4.37. The summed E-state index contributed by atoms with van der Waals surface area (Å²) in [5.74, 6) is -0.244. The minimum Gasteiger partial charge on any atom is -0.368 e. The lowest BCUT2D eigenvalue weighted by atomic mass is 9.96. The molecular weight excluding hydrogens is 252 g/mol. The predicted molar refractivity (Wildman–Crippen MR) is 83.7 cm³/mol. The zero-order valence-corrected chi connectivity index (χ0v) is 13.6. The van der Waals surface area contributed by atoms with Crippen molar-refractivity contribution in [3.63, 3.8) is 0 Å². The average molecular weight is 284 g/mol. The Morgan fingerprint density at radius 1 is 1.30 bits per heavy atom. The van der Waals surface area contributed by atoms with E-state index in [1.807, 2.05) is 6.92 Å². The van der Waals surface area contributed by atoms with Gasteiger partial charge in [0.25, 0.3) is 0 Å². The van der Waals surface area contributed by atoms with E-state index in [0.29, 0.717) is 6.04 Å². The lowest BCUT2D eigenvalue weighted by Crippen LogP contribution is -2.56. The number of piperazine rings is 1. The molecule has 5 nitrogen and oxygen atoms in total. The van der Waals surface area contributed by atoms with Gasteiger partial charge >= 0.3 is 0 Å². The van der Waals surface area contributed by atoms with E-state index < -0.39 is 5.54 Å². The molecule has 118 valence electrons. The Morgan fingerprint density at radius 3 is 2.35 bits per heavy atom. The second-order valence-corrected chi connectivity index (χ2v) is 6.34. The number of nitrogens with zero attached hydrogens (tertiary/aromatic N) is 2. The number of nitrogens with two attached hydrogens (primary N) is 1. The largest absolute Gasteiger partial charge is 0.368 e. The van der Waals surface area contributed by atoms with Crippen molar-refractivity contribution in [3.05, 3.63) is 0 Å². The lowest BCUT2D eigenvalue weighted by Gasteiger charge is -2.38. The predicted octanol–water partition coefficient (Wildman–Crippen LogP) is 0.646. The summed E-state index contributed by atoms with van der Waals surface area (Å²) in [6.07, 6.45) is 1.79. The van der Waals surface area contributed by atoms with Crippen LogP contribution in [0, 0.1) is 0 Å². The summed E-state index contributed by atoms with van der Waals surface area (Å²) in [7, 11) is 0. The molecule has 1 unspecified atom stereocenters. The highest BCUT2D eigenvalue weighted by atomic mass is 16.1. The van der Waals surface area contributed by atoms with Gasteiger partial charge in [0.15, 0.2) is 0 Å². The monoisotopic (exact) mass is 284 g/mol. The maximum absolute atomic E-state index is 11.7. The topological polar surface area (TPSA) is 61.6 Å². The molecule has 0 aromatic carbocycles. The molecule has 1 amide bonds. The summed E-state index contributed by atoms with van der Waals surface area (Å²) in [4.78, 5) is 16.6. The first-order valence-electron chi connectivity index (χ1n) is 7.90. The van der Waals surface area contributed by atoms with Gasteiger partial charge in [-0.3, -0.25) is 9.69 Å². The number of primary amides is 1. The second-order valence-electron chi connectivity index (χ2n) is 6.34. The standard InChI is InChI=1S/C15H32N4O/c1-5-7-17-15(4,14(16)20)6-8-18-9-11-19(12-10-18)13(2)3/h13,17H,5-12H2,1-4H3,(H2,16,20). The number of nitrogens with one attached hydrogen (secondary N) is 1. The molecule has 3 N–H and O–H groups in total. The lowest BCUT2D eigenvalue weighted by molar-refractivity contribution is -0.124. The Bertz CT molecular complexity index is 300. The van der Waals surface area contributed by atoms with Crippen molar-refractivity contribution in [3.8, 4) is 0 Å². The van der Waals surface area contributed by atoms with E-state index in [9.17, 15) is 4.79 Å². The molecule has 5 heteroatoms. The van der Waals surface area contributed by atoms with E-state index in [4.69, 9.17) is 5.73 Å². The molecule has 1 fully saturated rings. The highest BCUT2D eigenvalue weighted by Gasteiger charge is 2.31. The first kappa shape index (κ1) is 17.4. The van der Waals surface area contributed by atoms with Gasteiger partial charge in [0, 0.05) is 38.8 Å². The van der Waals surface area contributed by atoms with Crippen LogP contribution in [0.1, 0.15) is 40.5 Å². The van der Waals surface area contributed by atoms with Crippen molar-refractivity contribution in [1.29, 1.82) is 0 Å². The fourth-order valence-electron chi connectivity index (χ4n) is 2.58. The van der Waals surface area contributed by atoms with Gasteiger partial charge in [-0.15, -0.1) is 0 Å². The molecule has 0 aromatic rings. The van der Waals surface area contributed by atoms with Crippen LogP contribution < -0.4 is 11.1 Å². The zero-order chi connectivity index (χ0) is 15.2. The van der Waals surface area contributed by atoms with Gasteiger partial charge in [0.1, 0.15) is 0 Å². The van der Waals surface area contributed by atoms with E-state index in [0.717, 1.165) is 52.1 Å². The Labute approximate surface area is 123 Å². The number of hydrogen-bond acceptors (Lipinski definition) is 4. The number of amides is 1. The first-order chi connectivity index (χ1) is 9.39. The summed E-state index contributed by atoms with van der Waals surface area (Å²) < 4.78 is 0. The summed E-state index contributed by atoms with van der Waals surface area (Å²) in [5.41, 5.74) is 4.98. The van der Waals surface area contributed by atoms with Crippen molar-refractivity contribution in [2.45, 2.75) is 52.1 Å². The number of hydrogen-bond donors (Lipinski definition) is 2. The Kier molecular flexibility index (Phi) is 6.92. The maximum Gasteiger partial charge on any atom is 0.237 e. The normalized spacial score (nSPS) is 21.1. The smallest absolute Gasteiger partial charge is 0.237 e. The molecule has 1 heterocycles. The summed E-state index contributed by atoms with van der Waals surface area (Å²) in [6, 6.07) is 0.624. The summed E-state index contributed by atoms with van der Waals surface area (Å²) >= 11 is 0. The van der Waals surface area contributed by atoms with Crippen LogP contribution >= 0.6 is 0 Å². The number of rotatable bonds is 8. The van der Waals surface area contributed by atoms with Gasteiger partial charge in [0.05, 0.1) is 5.54 Å². The van der Waals surface area contributed by atoms with Gasteiger partial charge in [-0.2, -0.15) is 0 Å². The molecule has 1 atom stereocenters. The van der Waals surface area contributed by atoms with Crippen molar-refractivity contribution >= 4 is 5.91 Å². The molecular formula is C15H32N4O. The van der Waals surface area contributed by atoms with Gasteiger partial charge in [-0.05, 0) is 40.2 Å². The molecule has 0 aliphatic carbocycles. The number of carbonyl (C=O) groups excluding carboxylic acids is 1. The SMILES string of the molecule is CCCNC(C)(CCN1CCN(C(C)C)CC1)C(N)=O. The van der Waals surface area contributed by atoms with Crippen molar-refractivity contribution < 1.29 is 4.79 Å². The molecule has 0 radical (unpaired) electrons. The average Bonchev–Trinajstić information content (AvgIpc) is 2.43. The van der Waals surface area contributed by atoms with Crippen LogP contribution in [0.15, 0.2) is 0 Å². The van der Waals surface area contributed by atoms with Crippen LogP contribution in [-0.4, -0.2) is 66.6 Å². The van der Waals surface area contributed by atoms with E-state index in [1.54, 1.807) is 0 Å². The molecule has 1 rings (SSSR count). The van der Waals surface area contributed by atoms with E-state index in [-0.39, 0.29) is 5.91 Å². The molecule has 0 saturated carbocycles. The fraction of sp³-hybridized carbons (Fsp3) is 0.933. The summed E-state index contributed by atoms with van der Waals surface area (Å²) in [6.45, 7) is 14.7. The van der Waals surface area contributed by atoms with Crippen molar-refractivity contribution in [1.82, 2.24) is 15.1 Å². The second kappa shape index (κ2) is 7.96. The van der Waals surface area contributed by atoms with Crippen LogP contribution in [0.2, 0.25) is 0 Å². The molecule has 1 aliphatic rings. The highest BCUT2D eigenvalue weighted by Crippen LogP contribution is 2.13. The van der Waals surface area contributed by atoms with Crippen LogP contribution in [-0.2, 0) is 4.79 Å². The molecule has 0 aromatic heterocycles. The van der Waals surface area contributed by atoms with Crippen molar-refractivity contribution in [2.75, 3.05) is 39.3 Å². The molecule has 1 aliphatic heterocycles. The Balaban J connectivity index is 2.39. The van der Waals surface area contributed by atoms with E-state index in [2.05, 4.69) is 35.9 Å². The molecule has 20 heavy (non-hydrogen) atoms. The van der Waals surface area contributed by atoms with Crippen LogP contribution in [0.25, 0.3) is 0 Å². The van der Waals surface area contributed by atoms with Gasteiger partial charge in [0.2, 0.25) is 5.91 Å². The van der Waals surface area contributed by atoms with Gasteiger partial charge in [-0.1, -0.05) is 6.92 Å². The zero-order valence-electron chi connectivity index (χ0n) is 13.6. The highest BCUT2D eigenvalue weighted by molar-refractivity contribution is 5.84. The molecule has 0 spiro atoms. The van der Waals surface area contributed by atoms with Gasteiger partial charge < -0.3 is 16.0 Å². The molecule has 1 saturated heterocycles. The maximum atomic E-state index is 11.7. The fourth-order valence-corrected chi connectivity index (χ4v) is 2.58. The third kappa shape index (κ3) is 5.04. The van der Waals surface area contributed by atoms with Crippen LogP contribution in [0.4, 0.5) is 0 Å². The Morgan fingerprint density at radius 2 is 1.90 bits per heavy atom. The number of carbonyl (C=O) groups is 1. The van der Waals surface area contributed by atoms with Crippen molar-refractivity contribution in [2.24, 2.45) is 5.73 Å². The van der Waals surface area contributed by atoms with Crippen LogP contribution in [0.5, 0.6) is 0 Å². The van der Waals surface area contributed by atoms with E-state index in [1.165, 1.54) is 0 Å². The Hall–Kier alpha value is -0.650. The summed E-state index contributed by atoms with van der Waals surface area (Å²) in [5, 5.41) is 3.30. The quantitative estimate of drug-likeness (QED) is 0.687. The van der Waals surface area contributed by atoms with E-state index >= 15 is 0 Å². The minimum atomic E-state index is -0.578. The third-order valence-electron chi connectivity index (χ3n) is 4.37. The van der Waals surface area contributed by atoms with Gasteiger partial charge in [-0.25, -0.2) is 0 Å². The first-order valence-corrected chi connectivity index (χ1v) is 7.90. The van der Waals surface area contributed by atoms with Crippen LogP contribution in [0.3, 0.4) is 0 Å². The minimum absolute atomic E-state index is 0.244.